The summed E-state index contributed by atoms with van der Waals surface area (Å²) in [5.74, 6) is 0.674. The van der Waals surface area contributed by atoms with Crippen molar-refractivity contribution in [3.8, 4) is 0 Å². The first-order chi connectivity index (χ1) is 12.0. The van der Waals surface area contributed by atoms with Crippen LogP contribution in [0.15, 0.2) is 24.3 Å². The Morgan fingerprint density at radius 2 is 1.92 bits per heavy atom. The molecule has 1 aliphatic heterocycles. The molecule has 140 valence electrons. The second-order valence-electron chi connectivity index (χ2n) is 7.30. The normalized spacial score (nSPS) is 18.6. The number of carbonyl (C=O) groups is 1. The Labute approximate surface area is 151 Å². The fraction of sp³-hybridized carbons (Fsp3) is 0.650. The van der Waals surface area contributed by atoms with Crippen molar-refractivity contribution in [2.24, 2.45) is 5.92 Å². The molecular weight excluding hydrogens is 314 g/mol. The zero-order valence-electron chi connectivity index (χ0n) is 15.8. The van der Waals surface area contributed by atoms with Gasteiger partial charge in [0.2, 0.25) is 5.91 Å². The third-order valence-electron chi connectivity index (χ3n) is 5.26. The summed E-state index contributed by atoms with van der Waals surface area (Å²) in [7, 11) is 2.19. The van der Waals surface area contributed by atoms with Crippen molar-refractivity contribution in [3.63, 3.8) is 0 Å². The summed E-state index contributed by atoms with van der Waals surface area (Å²) in [6.45, 7) is 6.55. The van der Waals surface area contributed by atoms with Crippen LogP contribution in [0.5, 0.6) is 0 Å². The number of benzene rings is 1. The van der Waals surface area contributed by atoms with E-state index >= 15 is 0 Å². The molecule has 0 bridgehead atoms. The van der Waals surface area contributed by atoms with E-state index in [9.17, 15) is 4.79 Å². The van der Waals surface area contributed by atoms with Gasteiger partial charge in [-0.3, -0.25) is 4.79 Å². The Bertz CT molecular complexity index is 520. The molecule has 0 aromatic heterocycles. The molecule has 25 heavy (non-hydrogen) atoms. The summed E-state index contributed by atoms with van der Waals surface area (Å²) in [5, 5.41) is 15.6. The minimum atomic E-state index is -0.149. The van der Waals surface area contributed by atoms with E-state index in [-0.39, 0.29) is 18.6 Å². The molecule has 0 aliphatic carbocycles. The standard InChI is InChI=1S/C20H33N3O2/c1-4-18(14-24)22-20(25)13-16-5-7-19(8-6-16)21-15(2)17-9-11-23(3)12-10-17/h5-8,15,17-18,21,24H,4,9-14H2,1-3H3,(H,22,25). The van der Waals surface area contributed by atoms with Gasteiger partial charge in [0.25, 0.3) is 0 Å². The van der Waals surface area contributed by atoms with Gasteiger partial charge in [0.05, 0.1) is 19.1 Å². The van der Waals surface area contributed by atoms with E-state index in [2.05, 4.69) is 41.6 Å². The summed E-state index contributed by atoms with van der Waals surface area (Å²) >= 11 is 0. The van der Waals surface area contributed by atoms with Gasteiger partial charge in [-0.25, -0.2) is 0 Å². The fourth-order valence-electron chi connectivity index (χ4n) is 3.37. The molecule has 0 radical (unpaired) electrons. The number of amides is 1. The molecule has 5 nitrogen and oxygen atoms in total. The molecule has 0 spiro atoms. The number of anilines is 1. The highest BCUT2D eigenvalue weighted by Gasteiger charge is 2.22. The van der Waals surface area contributed by atoms with Crippen LogP contribution in [0.25, 0.3) is 0 Å². The molecule has 1 aliphatic rings. The van der Waals surface area contributed by atoms with Crippen LogP contribution in [-0.2, 0) is 11.2 Å². The molecule has 2 unspecified atom stereocenters. The molecule has 1 heterocycles. The maximum absolute atomic E-state index is 12.0. The highest BCUT2D eigenvalue weighted by molar-refractivity contribution is 5.79. The molecule has 1 aromatic carbocycles. The van der Waals surface area contributed by atoms with E-state index in [0.29, 0.717) is 18.4 Å². The van der Waals surface area contributed by atoms with Gasteiger partial charge >= 0.3 is 0 Å². The van der Waals surface area contributed by atoms with Crippen molar-refractivity contribution in [1.29, 1.82) is 0 Å². The lowest BCUT2D eigenvalue weighted by Gasteiger charge is -2.33. The second-order valence-corrected chi connectivity index (χ2v) is 7.30. The topological polar surface area (TPSA) is 64.6 Å². The van der Waals surface area contributed by atoms with Crippen LogP contribution in [0.4, 0.5) is 5.69 Å². The maximum atomic E-state index is 12.0. The van der Waals surface area contributed by atoms with Crippen molar-refractivity contribution < 1.29 is 9.90 Å². The van der Waals surface area contributed by atoms with E-state index in [1.165, 1.54) is 25.9 Å². The minimum absolute atomic E-state index is 0.0139. The smallest absolute Gasteiger partial charge is 0.224 e. The maximum Gasteiger partial charge on any atom is 0.224 e. The average molecular weight is 348 g/mol. The monoisotopic (exact) mass is 347 g/mol. The van der Waals surface area contributed by atoms with E-state index in [4.69, 9.17) is 5.11 Å². The first kappa shape index (κ1) is 19.7. The zero-order valence-corrected chi connectivity index (χ0v) is 15.8. The summed E-state index contributed by atoms with van der Waals surface area (Å²) < 4.78 is 0. The van der Waals surface area contributed by atoms with Gasteiger partial charge in [0, 0.05) is 11.7 Å². The van der Waals surface area contributed by atoms with E-state index in [1.54, 1.807) is 0 Å². The first-order valence-corrected chi connectivity index (χ1v) is 9.46. The minimum Gasteiger partial charge on any atom is -0.394 e. The van der Waals surface area contributed by atoms with E-state index in [1.807, 2.05) is 19.1 Å². The number of piperidine rings is 1. The predicted molar refractivity (Wildman–Crippen MR) is 103 cm³/mol. The molecule has 1 saturated heterocycles. The third kappa shape index (κ3) is 6.33. The van der Waals surface area contributed by atoms with Gasteiger partial charge in [0.15, 0.2) is 0 Å². The van der Waals surface area contributed by atoms with Crippen molar-refractivity contribution in [2.75, 3.05) is 32.1 Å². The quantitative estimate of drug-likeness (QED) is 0.675. The van der Waals surface area contributed by atoms with Crippen molar-refractivity contribution in [1.82, 2.24) is 10.2 Å². The van der Waals surface area contributed by atoms with Crippen molar-refractivity contribution in [2.45, 2.75) is 51.6 Å². The SMILES string of the molecule is CCC(CO)NC(=O)Cc1ccc(NC(C)C2CCN(C)CC2)cc1. The highest BCUT2D eigenvalue weighted by Crippen LogP contribution is 2.22. The number of hydrogen-bond donors (Lipinski definition) is 3. The molecule has 5 heteroatoms. The number of nitrogens with zero attached hydrogens (tertiary/aromatic N) is 1. The Balaban J connectivity index is 1.82. The van der Waals surface area contributed by atoms with E-state index in [0.717, 1.165) is 17.7 Å². The molecule has 0 saturated carbocycles. The molecule has 1 fully saturated rings. The van der Waals surface area contributed by atoms with Crippen molar-refractivity contribution >= 4 is 11.6 Å². The van der Waals surface area contributed by atoms with Gasteiger partial charge in [-0.2, -0.15) is 0 Å². The lowest BCUT2D eigenvalue weighted by molar-refractivity contribution is -0.121. The Kier molecular flexibility index (Phi) is 7.72. The molecule has 3 N–H and O–H groups in total. The van der Waals surface area contributed by atoms with Crippen LogP contribution in [-0.4, -0.2) is 54.7 Å². The van der Waals surface area contributed by atoms with Crippen molar-refractivity contribution in [3.05, 3.63) is 29.8 Å². The number of hydrogen-bond acceptors (Lipinski definition) is 4. The van der Waals surface area contributed by atoms with Crippen LogP contribution in [0, 0.1) is 5.92 Å². The third-order valence-corrected chi connectivity index (χ3v) is 5.26. The fourth-order valence-corrected chi connectivity index (χ4v) is 3.37. The number of nitrogens with one attached hydrogen (secondary N) is 2. The van der Waals surface area contributed by atoms with Gasteiger partial charge in [-0.15, -0.1) is 0 Å². The summed E-state index contributed by atoms with van der Waals surface area (Å²) in [6.07, 6.45) is 3.57. The summed E-state index contributed by atoms with van der Waals surface area (Å²) in [4.78, 5) is 14.4. The lowest BCUT2D eigenvalue weighted by atomic mass is 9.90. The molecule has 1 amide bonds. The average Bonchev–Trinajstić information content (AvgIpc) is 2.61. The largest absolute Gasteiger partial charge is 0.394 e. The lowest BCUT2D eigenvalue weighted by Crippen LogP contribution is -2.37. The zero-order chi connectivity index (χ0) is 18.2. The predicted octanol–water partition coefficient (Wildman–Crippen LogP) is 2.26. The van der Waals surface area contributed by atoms with Crippen LogP contribution >= 0.6 is 0 Å². The van der Waals surface area contributed by atoms with Gasteiger partial charge < -0.3 is 20.6 Å². The number of aliphatic hydroxyl groups is 1. The molecular formula is C20H33N3O2. The van der Waals surface area contributed by atoms with Gasteiger partial charge in [-0.1, -0.05) is 19.1 Å². The van der Waals surface area contributed by atoms with Crippen LogP contribution in [0.2, 0.25) is 0 Å². The van der Waals surface area contributed by atoms with Crippen LogP contribution in [0.3, 0.4) is 0 Å². The van der Waals surface area contributed by atoms with Gasteiger partial charge in [-0.05, 0) is 69.9 Å². The number of aliphatic hydroxyl groups excluding tert-OH is 1. The van der Waals surface area contributed by atoms with E-state index < -0.39 is 0 Å². The second kappa shape index (κ2) is 9.78. The molecule has 1 aromatic rings. The first-order valence-electron chi connectivity index (χ1n) is 9.46. The van der Waals surface area contributed by atoms with Crippen LogP contribution < -0.4 is 10.6 Å². The Hall–Kier alpha value is -1.59. The summed E-state index contributed by atoms with van der Waals surface area (Å²) in [5.41, 5.74) is 2.10. The number of carbonyl (C=O) groups excluding carboxylic acids is 1. The molecule has 2 rings (SSSR count). The molecule has 2 atom stereocenters. The number of likely N-dealkylation sites (tertiary alicyclic amines) is 1. The van der Waals surface area contributed by atoms with Gasteiger partial charge in [0.1, 0.15) is 0 Å². The highest BCUT2D eigenvalue weighted by atomic mass is 16.3. The summed E-state index contributed by atoms with van der Waals surface area (Å²) in [6, 6.07) is 8.42. The Morgan fingerprint density at radius 3 is 2.48 bits per heavy atom. The number of rotatable bonds is 8. The Morgan fingerprint density at radius 1 is 1.28 bits per heavy atom. The van der Waals surface area contributed by atoms with Crippen LogP contribution in [0.1, 0.15) is 38.7 Å².